The minimum absolute atomic E-state index is 0.156. The molecule has 41 heavy (non-hydrogen) atoms. The third kappa shape index (κ3) is 8.42. The van der Waals surface area contributed by atoms with Gasteiger partial charge in [0.1, 0.15) is 6.61 Å². The largest absolute Gasteiger partial charge is 0.457 e. The number of unbranched alkanes of at least 4 members (excludes halogenated alkanes) is 2. The molecule has 0 aliphatic heterocycles. The van der Waals surface area contributed by atoms with Crippen LogP contribution in [0.3, 0.4) is 0 Å². The first kappa shape index (κ1) is 30.8. The third-order valence-electron chi connectivity index (χ3n) is 8.79. The molecule has 3 heteroatoms. The van der Waals surface area contributed by atoms with Gasteiger partial charge in [0.2, 0.25) is 0 Å². The second kappa shape index (κ2) is 15.2. The van der Waals surface area contributed by atoms with E-state index in [9.17, 15) is 9.90 Å². The van der Waals surface area contributed by atoms with Crippen LogP contribution in [-0.4, -0.2) is 17.7 Å². The SMILES string of the molecule is C=C(C)C(=O)OCc1cc(CCCO)ccc1-c1ccc(-c2ccc(C3CCC(CCCCC)CC3)cc2)c(C)c1. The van der Waals surface area contributed by atoms with Crippen LogP contribution in [0, 0.1) is 12.8 Å². The van der Waals surface area contributed by atoms with Gasteiger partial charge in [-0.2, -0.15) is 0 Å². The maximum atomic E-state index is 12.1. The maximum absolute atomic E-state index is 12.1. The average molecular weight is 553 g/mol. The number of aryl methyl sites for hydroxylation is 2. The van der Waals surface area contributed by atoms with Gasteiger partial charge in [0, 0.05) is 12.2 Å². The summed E-state index contributed by atoms with van der Waals surface area (Å²) in [6.07, 6.45) is 12.4. The summed E-state index contributed by atoms with van der Waals surface area (Å²) < 4.78 is 5.54. The molecule has 0 saturated heterocycles. The zero-order valence-corrected chi connectivity index (χ0v) is 25.4. The standard InChI is InChI=1S/C38H48O3/c1-5-6-7-9-29-11-14-31(15-12-29)32-16-18-33(19-17-32)36-22-20-34(24-28(36)4)37-21-13-30(10-8-23-39)25-35(37)26-41-38(40)27(2)3/h13,16-22,24-25,29,31,39H,2,5-12,14-15,23,26H2,1,3-4H3. The van der Waals surface area contributed by atoms with E-state index in [-0.39, 0.29) is 19.2 Å². The summed E-state index contributed by atoms with van der Waals surface area (Å²) in [6.45, 7) is 10.2. The summed E-state index contributed by atoms with van der Waals surface area (Å²) in [4.78, 5) is 12.1. The normalized spacial score (nSPS) is 16.9. The zero-order chi connectivity index (χ0) is 29.2. The van der Waals surface area contributed by atoms with E-state index >= 15 is 0 Å². The van der Waals surface area contributed by atoms with E-state index in [2.05, 4.69) is 81.1 Å². The van der Waals surface area contributed by atoms with Gasteiger partial charge in [-0.1, -0.05) is 99.8 Å². The molecule has 3 nitrogen and oxygen atoms in total. The predicted octanol–water partition coefficient (Wildman–Crippen LogP) is 9.73. The van der Waals surface area contributed by atoms with E-state index in [0.717, 1.165) is 34.6 Å². The van der Waals surface area contributed by atoms with Crippen LogP contribution in [0.2, 0.25) is 0 Å². The first-order valence-corrected chi connectivity index (χ1v) is 15.7. The molecule has 0 aromatic heterocycles. The van der Waals surface area contributed by atoms with Crippen molar-refractivity contribution in [2.75, 3.05) is 6.61 Å². The van der Waals surface area contributed by atoms with E-state index < -0.39 is 0 Å². The molecule has 3 aromatic rings. The van der Waals surface area contributed by atoms with Crippen LogP contribution < -0.4 is 0 Å². The number of hydrogen-bond donors (Lipinski definition) is 1. The molecule has 0 atom stereocenters. The molecule has 1 N–H and O–H groups in total. The van der Waals surface area contributed by atoms with Gasteiger partial charge in [-0.3, -0.25) is 0 Å². The Morgan fingerprint density at radius 3 is 2.27 bits per heavy atom. The van der Waals surface area contributed by atoms with Crippen LogP contribution in [0.25, 0.3) is 22.3 Å². The first-order valence-electron chi connectivity index (χ1n) is 15.7. The molecule has 1 fully saturated rings. The van der Waals surface area contributed by atoms with E-state index in [0.29, 0.717) is 17.9 Å². The lowest BCUT2D eigenvalue weighted by Gasteiger charge is -2.29. The van der Waals surface area contributed by atoms with Crippen molar-refractivity contribution in [3.63, 3.8) is 0 Å². The second-order valence-corrected chi connectivity index (χ2v) is 12.0. The summed E-state index contributed by atoms with van der Waals surface area (Å²) in [7, 11) is 0. The molecule has 4 rings (SSSR count). The first-order chi connectivity index (χ1) is 19.9. The lowest BCUT2D eigenvalue weighted by Crippen LogP contribution is -2.13. The van der Waals surface area contributed by atoms with Crippen molar-refractivity contribution in [1.82, 2.24) is 0 Å². The molecule has 1 saturated carbocycles. The minimum Gasteiger partial charge on any atom is -0.457 e. The second-order valence-electron chi connectivity index (χ2n) is 12.0. The average Bonchev–Trinajstić information content (AvgIpc) is 2.99. The summed E-state index contributed by atoms with van der Waals surface area (Å²) in [5.74, 6) is 1.26. The minimum atomic E-state index is -0.383. The Morgan fingerprint density at radius 2 is 1.61 bits per heavy atom. The fraction of sp³-hybridized carbons (Fsp3) is 0.447. The summed E-state index contributed by atoms with van der Waals surface area (Å²) >= 11 is 0. The number of aliphatic hydroxyl groups excluding tert-OH is 1. The van der Waals surface area contributed by atoms with Crippen molar-refractivity contribution in [2.45, 2.75) is 97.5 Å². The molecule has 0 amide bonds. The van der Waals surface area contributed by atoms with Gasteiger partial charge < -0.3 is 9.84 Å². The Balaban J connectivity index is 1.48. The number of rotatable bonds is 13. The Labute approximate surface area is 247 Å². The summed E-state index contributed by atoms with van der Waals surface area (Å²) in [5.41, 5.74) is 9.85. The number of ether oxygens (including phenoxy) is 1. The van der Waals surface area contributed by atoms with E-state index in [1.54, 1.807) is 6.92 Å². The van der Waals surface area contributed by atoms with Gasteiger partial charge in [-0.15, -0.1) is 0 Å². The molecular weight excluding hydrogens is 504 g/mol. The molecular formula is C38H48O3. The fourth-order valence-corrected chi connectivity index (χ4v) is 6.31. The van der Waals surface area contributed by atoms with Crippen LogP contribution in [0.15, 0.2) is 72.8 Å². The van der Waals surface area contributed by atoms with E-state index in [4.69, 9.17) is 4.74 Å². The smallest absolute Gasteiger partial charge is 0.333 e. The van der Waals surface area contributed by atoms with Gasteiger partial charge in [0.05, 0.1) is 0 Å². The van der Waals surface area contributed by atoms with Gasteiger partial charge in [0.15, 0.2) is 0 Å². The Kier molecular flexibility index (Phi) is 11.4. The molecule has 218 valence electrons. The van der Waals surface area contributed by atoms with Crippen LogP contribution in [0.1, 0.15) is 99.8 Å². The predicted molar refractivity (Wildman–Crippen MR) is 171 cm³/mol. The van der Waals surface area contributed by atoms with Crippen LogP contribution in [0.4, 0.5) is 0 Å². The van der Waals surface area contributed by atoms with Crippen molar-refractivity contribution in [2.24, 2.45) is 5.92 Å². The molecule has 0 spiro atoms. The van der Waals surface area contributed by atoms with Crippen molar-refractivity contribution in [1.29, 1.82) is 0 Å². The topological polar surface area (TPSA) is 46.5 Å². The lowest BCUT2D eigenvalue weighted by atomic mass is 9.77. The van der Waals surface area contributed by atoms with Crippen LogP contribution in [-0.2, 0) is 22.6 Å². The van der Waals surface area contributed by atoms with Crippen molar-refractivity contribution in [3.8, 4) is 22.3 Å². The van der Waals surface area contributed by atoms with E-state index in [1.807, 2.05) is 0 Å². The highest BCUT2D eigenvalue weighted by Gasteiger charge is 2.22. The van der Waals surface area contributed by atoms with Gasteiger partial charge >= 0.3 is 5.97 Å². The van der Waals surface area contributed by atoms with Crippen molar-refractivity contribution < 1.29 is 14.6 Å². The third-order valence-corrected chi connectivity index (χ3v) is 8.79. The Morgan fingerprint density at radius 1 is 0.902 bits per heavy atom. The monoisotopic (exact) mass is 552 g/mol. The molecule has 1 aliphatic rings. The quantitative estimate of drug-likeness (QED) is 0.130. The van der Waals surface area contributed by atoms with Crippen LogP contribution >= 0.6 is 0 Å². The zero-order valence-electron chi connectivity index (χ0n) is 25.4. The summed E-state index contributed by atoms with van der Waals surface area (Å²) in [5, 5.41) is 9.26. The van der Waals surface area contributed by atoms with Gasteiger partial charge in [0.25, 0.3) is 0 Å². The lowest BCUT2D eigenvalue weighted by molar-refractivity contribution is -0.140. The molecule has 1 aliphatic carbocycles. The van der Waals surface area contributed by atoms with Crippen molar-refractivity contribution in [3.05, 3.63) is 95.1 Å². The van der Waals surface area contributed by atoms with Crippen LogP contribution in [0.5, 0.6) is 0 Å². The molecule has 0 unspecified atom stereocenters. The maximum Gasteiger partial charge on any atom is 0.333 e. The van der Waals surface area contributed by atoms with E-state index in [1.165, 1.54) is 73.6 Å². The summed E-state index contributed by atoms with van der Waals surface area (Å²) in [6, 6.07) is 22.2. The molecule has 0 heterocycles. The van der Waals surface area contributed by atoms with Gasteiger partial charge in [-0.05, 0) is 109 Å². The number of esters is 1. The number of carbonyl (C=O) groups is 1. The molecule has 0 radical (unpaired) electrons. The van der Waals surface area contributed by atoms with Gasteiger partial charge in [-0.25, -0.2) is 4.79 Å². The fourth-order valence-electron chi connectivity index (χ4n) is 6.31. The molecule has 0 bridgehead atoms. The molecule has 3 aromatic carbocycles. The Hall–Kier alpha value is -3.17. The highest BCUT2D eigenvalue weighted by molar-refractivity contribution is 5.87. The van der Waals surface area contributed by atoms with Crippen molar-refractivity contribution >= 4 is 5.97 Å². The Bertz CT molecular complexity index is 1300. The number of benzene rings is 3. The number of carbonyl (C=O) groups excluding carboxylic acids is 1. The highest BCUT2D eigenvalue weighted by atomic mass is 16.5. The number of hydrogen-bond acceptors (Lipinski definition) is 3. The number of aliphatic hydroxyl groups is 1. The highest BCUT2D eigenvalue weighted by Crippen LogP contribution is 2.39.